The Labute approximate surface area is 113 Å². The number of rotatable bonds is 5. The van der Waals surface area contributed by atoms with Gasteiger partial charge in [-0.1, -0.05) is 25.0 Å². The molecular formula is C15H19ClN2. The Hall–Kier alpha value is -1.02. The lowest BCUT2D eigenvalue weighted by Gasteiger charge is -2.10. The molecule has 1 saturated carbocycles. The van der Waals surface area contributed by atoms with Gasteiger partial charge in [-0.2, -0.15) is 0 Å². The molecule has 0 radical (unpaired) electrons. The van der Waals surface area contributed by atoms with Crippen LogP contribution in [-0.2, 0) is 6.54 Å². The van der Waals surface area contributed by atoms with Gasteiger partial charge in [0.1, 0.15) is 5.82 Å². The van der Waals surface area contributed by atoms with Crippen LogP contribution in [0.15, 0.2) is 24.3 Å². The Kier molecular flexibility index (Phi) is 3.29. The fourth-order valence-corrected chi connectivity index (χ4v) is 2.74. The molecule has 3 rings (SSSR count). The van der Waals surface area contributed by atoms with Crippen LogP contribution in [0.4, 0.5) is 0 Å². The fourth-order valence-electron chi connectivity index (χ4n) is 2.58. The van der Waals surface area contributed by atoms with E-state index in [9.17, 15) is 0 Å². The normalized spacial score (nSPS) is 17.2. The van der Waals surface area contributed by atoms with Gasteiger partial charge in [-0.05, 0) is 37.8 Å². The van der Waals surface area contributed by atoms with E-state index in [0.717, 1.165) is 23.8 Å². The first-order valence-electron chi connectivity index (χ1n) is 6.85. The monoisotopic (exact) mass is 262 g/mol. The highest BCUT2D eigenvalue weighted by atomic mass is 35.5. The van der Waals surface area contributed by atoms with E-state index in [1.807, 2.05) is 13.0 Å². The predicted octanol–water partition coefficient (Wildman–Crippen LogP) is 4.53. The van der Waals surface area contributed by atoms with Gasteiger partial charge in [-0.25, -0.2) is 4.98 Å². The molecule has 0 aliphatic heterocycles. The first-order chi connectivity index (χ1) is 8.75. The number of aromatic nitrogens is 2. The molecule has 18 heavy (non-hydrogen) atoms. The van der Waals surface area contributed by atoms with Gasteiger partial charge in [-0.15, -0.1) is 11.6 Å². The highest BCUT2D eigenvalue weighted by Gasteiger charge is 2.21. The number of halogens is 1. The quantitative estimate of drug-likeness (QED) is 0.724. The van der Waals surface area contributed by atoms with Crippen LogP contribution in [0.5, 0.6) is 0 Å². The second kappa shape index (κ2) is 4.93. The van der Waals surface area contributed by atoms with Crippen molar-refractivity contribution >= 4 is 22.6 Å². The third-order valence-electron chi connectivity index (χ3n) is 3.73. The van der Waals surface area contributed by atoms with Crippen molar-refractivity contribution in [2.75, 3.05) is 0 Å². The molecule has 1 heterocycles. The number of hydrogen-bond donors (Lipinski definition) is 0. The number of hydrogen-bond acceptors (Lipinski definition) is 1. The molecular weight excluding hydrogens is 244 g/mol. The molecule has 0 spiro atoms. The van der Waals surface area contributed by atoms with Gasteiger partial charge < -0.3 is 4.57 Å². The molecule has 0 N–H and O–H groups in total. The number of benzene rings is 1. The van der Waals surface area contributed by atoms with Crippen LogP contribution >= 0.6 is 11.6 Å². The van der Waals surface area contributed by atoms with E-state index in [1.54, 1.807) is 0 Å². The molecule has 2 aromatic rings. The number of aryl methyl sites for hydroxylation is 1. The van der Waals surface area contributed by atoms with Gasteiger partial charge in [0.2, 0.25) is 0 Å². The molecule has 1 atom stereocenters. The van der Waals surface area contributed by atoms with Gasteiger partial charge in [-0.3, -0.25) is 0 Å². The van der Waals surface area contributed by atoms with Crippen LogP contribution in [0, 0.1) is 5.92 Å². The van der Waals surface area contributed by atoms with Gasteiger partial charge in [0.15, 0.2) is 0 Å². The largest absolute Gasteiger partial charge is 0.327 e. The van der Waals surface area contributed by atoms with Gasteiger partial charge in [0.25, 0.3) is 0 Å². The zero-order valence-corrected chi connectivity index (χ0v) is 11.5. The third-order valence-corrected chi connectivity index (χ3v) is 3.93. The van der Waals surface area contributed by atoms with Crippen LogP contribution < -0.4 is 0 Å². The molecule has 0 bridgehead atoms. The average Bonchev–Trinajstić information content (AvgIpc) is 3.10. The highest BCUT2D eigenvalue weighted by Crippen LogP contribution is 2.34. The lowest BCUT2D eigenvalue weighted by atomic mass is 10.2. The fraction of sp³-hybridized carbons (Fsp3) is 0.533. The van der Waals surface area contributed by atoms with E-state index in [0.29, 0.717) is 0 Å². The van der Waals surface area contributed by atoms with Gasteiger partial charge in [0.05, 0.1) is 16.4 Å². The SMILES string of the molecule is CC(Cl)c1nc2ccccc2n1CCCC1CC1. The first-order valence-corrected chi connectivity index (χ1v) is 7.28. The Morgan fingerprint density at radius 3 is 2.89 bits per heavy atom. The summed E-state index contributed by atoms with van der Waals surface area (Å²) >= 11 is 6.25. The minimum absolute atomic E-state index is 0.0293. The average molecular weight is 263 g/mol. The van der Waals surface area contributed by atoms with E-state index in [2.05, 4.69) is 27.8 Å². The summed E-state index contributed by atoms with van der Waals surface area (Å²) in [5.74, 6) is 2.00. The number of nitrogens with zero attached hydrogens (tertiary/aromatic N) is 2. The predicted molar refractivity (Wildman–Crippen MR) is 76.0 cm³/mol. The number of imidazole rings is 1. The van der Waals surface area contributed by atoms with Crippen LogP contribution in [-0.4, -0.2) is 9.55 Å². The first kappa shape index (κ1) is 12.0. The number of para-hydroxylation sites is 2. The lowest BCUT2D eigenvalue weighted by Crippen LogP contribution is -2.04. The minimum Gasteiger partial charge on any atom is -0.327 e. The Bertz CT molecular complexity index is 540. The maximum absolute atomic E-state index is 6.25. The molecule has 1 aliphatic carbocycles. The van der Waals surface area contributed by atoms with Crippen molar-refractivity contribution in [1.29, 1.82) is 0 Å². The maximum atomic E-state index is 6.25. The second-order valence-corrected chi connectivity index (χ2v) is 5.97. The molecule has 1 fully saturated rings. The smallest absolute Gasteiger partial charge is 0.127 e. The van der Waals surface area contributed by atoms with Crippen LogP contribution in [0.1, 0.15) is 43.8 Å². The Morgan fingerprint density at radius 2 is 2.17 bits per heavy atom. The summed E-state index contributed by atoms with van der Waals surface area (Å²) in [6, 6.07) is 8.31. The van der Waals surface area contributed by atoms with Gasteiger partial charge in [0, 0.05) is 6.54 Å². The van der Waals surface area contributed by atoms with E-state index < -0.39 is 0 Å². The summed E-state index contributed by atoms with van der Waals surface area (Å²) in [5.41, 5.74) is 2.28. The van der Waals surface area contributed by atoms with Crippen LogP contribution in [0.3, 0.4) is 0 Å². The van der Waals surface area contributed by atoms with Crippen molar-refractivity contribution in [2.45, 2.75) is 44.5 Å². The molecule has 3 heteroatoms. The third kappa shape index (κ3) is 2.39. The maximum Gasteiger partial charge on any atom is 0.127 e. The van der Waals surface area contributed by atoms with Crippen molar-refractivity contribution < 1.29 is 0 Å². The molecule has 0 saturated heterocycles. The van der Waals surface area contributed by atoms with Crippen molar-refractivity contribution in [2.24, 2.45) is 5.92 Å². The summed E-state index contributed by atoms with van der Waals surface area (Å²) in [4.78, 5) is 4.66. The van der Waals surface area contributed by atoms with Crippen molar-refractivity contribution in [3.8, 4) is 0 Å². The van der Waals surface area contributed by atoms with E-state index in [4.69, 9.17) is 11.6 Å². The molecule has 96 valence electrons. The summed E-state index contributed by atoms with van der Waals surface area (Å²) in [7, 11) is 0. The Morgan fingerprint density at radius 1 is 1.39 bits per heavy atom. The van der Waals surface area contributed by atoms with E-state index in [-0.39, 0.29) is 5.38 Å². The zero-order chi connectivity index (χ0) is 12.5. The van der Waals surface area contributed by atoms with Crippen molar-refractivity contribution in [1.82, 2.24) is 9.55 Å². The lowest BCUT2D eigenvalue weighted by molar-refractivity contribution is 0.569. The molecule has 1 aliphatic rings. The molecule has 1 unspecified atom stereocenters. The highest BCUT2D eigenvalue weighted by molar-refractivity contribution is 6.20. The van der Waals surface area contributed by atoms with E-state index in [1.165, 1.54) is 31.2 Å². The van der Waals surface area contributed by atoms with Crippen molar-refractivity contribution in [3.05, 3.63) is 30.1 Å². The van der Waals surface area contributed by atoms with E-state index >= 15 is 0 Å². The molecule has 0 amide bonds. The summed E-state index contributed by atoms with van der Waals surface area (Å²) in [6.45, 7) is 3.05. The number of fused-ring (bicyclic) bond motifs is 1. The Balaban J connectivity index is 1.87. The topological polar surface area (TPSA) is 17.8 Å². The number of alkyl halides is 1. The molecule has 1 aromatic carbocycles. The molecule has 2 nitrogen and oxygen atoms in total. The summed E-state index contributed by atoms with van der Waals surface area (Å²) in [5, 5.41) is -0.0293. The summed E-state index contributed by atoms with van der Waals surface area (Å²) in [6.07, 6.45) is 5.46. The standard InChI is InChI=1S/C15H19ClN2/c1-11(16)15-17-13-6-2-3-7-14(13)18(15)10-4-5-12-8-9-12/h2-3,6-7,11-12H,4-5,8-10H2,1H3. The van der Waals surface area contributed by atoms with Crippen LogP contribution in [0.2, 0.25) is 0 Å². The van der Waals surface area contributed by atoms with Gasteiger partial charge >= 0.3 is 0 Å². The summed E-state index contributed by atoms with van der Waals surface area (Å²) < 4.78 is 2.30. The molecule has 1 aromatic heterocycles. The second-order valence-electron chi connectivity index (χ2n) is 5.31. The minimum atomic E-state index is -0.0293. The van der Waals surface area contributed by atoms with Crippen LogP contribution in [0.25, 0.3) is 11.0 Å². The van der Waals surface area contributed by atoms with Crippen molar-refractivity contribution in [3.63, 3.8) is 0 Å². The zero-order valence-electron chi connectivity index (χ0n) is 10.8.